The van der Waals surface area contributed by atoms with Gasteiger partial charge in [-0.15, -0.1) is 0 Å². The highest BCUT2D eigenvalue weighted by Gasteiger charge is 2.00. The zero-order chi connectivity index (χ0) is 17.7. The quantitative estimate of drug-likeness (QED) is 0.174. The maximum atomic E-state index is 9.32. The van der Waals surface area contributed by atoms with Crippen molar-refractivity contribution in [3.05, 3.63) is 0 Å². The van der Waals surface area contributed by atoms with Crippen LogP contribution >= 0.6 is 15.9 Å². The predicted octanol–water partition coefficient (Wildman–Crippen LogP) is 7.02. The van der Waals surface area contributed by atoms with Gasteiger partial charge in [0.1, 0.15) is 0 Å². The van der Waals surface area contributed by atoms with Gasteiger partial charge in [-0.25, -0.2) is 0 Å². The van der Waals surface area contributed by atoms with E-state index in [0.717, 1.165) is 13.0 Å². The summed E-state index contributed by atoms with van der Waals surface area (Å²) < 4.78 is 5.43. The summed E-state index contributed by atoms with van der Waals surface area (Å²) in [6, 6.07) is 0. The molecule has 0 rings (SSSR count). The van der Waals surface area contributed by atoms with Crippen LogP contribution in [0.3, 0.4) is 0 Å². The molecule has 2 nitrogen and oxygen atoms in total. The number of unbranched alkanes of at least 4 members (excludes halogenated alkanes) is 15. The van der Waals surface area contributed by atoms with Crippen LogP contribution in [-0.2, 0) is 4.74 Å². The van der Waals surface area contributed by atoms with Gasteiger partial charge in [-0.1, -0.05) is 119 Å². The molecule has 3 heteroatoms. The molecular formula is C21H43BrO2. The van der Waals surface area contributed by atoms with E-state index < -0.39 is 0 Å². The van der Waals surface area contributed by atoms with E-state index in [1.165, 1.54) is 96.3 Å². The van der Waals surface area contributed by atoms with Gasteiger partial charge in [0.15, 0.2) is 0 Å². The highest BCUT2D eigenvalue weighted by Crippen LogP contribution is 2.13. The number of aliphatic hydroxyl groups excluding tert-OH is 1. The minimum atomic E-state index is -0.356. The highest BCUT2D eigenvalue weighted by molar-refractivity contribution is 9.09. The minimum absolute atomic E-state index is 0.356. The van der Waals surface area contributed by atoms with Crippen molar-refractivity contribution in [2.24, 2.45) is 0 Å². The number of halogens is 1. The molecule has 0 heterocycles. The van der Waals surface area contributed by atoms with Crippen LogP contribution in [0, 0.1) is 0 Å². The lowest BCUT2D eigenvalue weighted by Gasteiger charge is -2.07. The zero-order valence-electron chi connectivity index (χ0n) is 16.2. The van der Waals surface area contributed by atoms with Crippen molar-refractivity contribution in [1.82, 2.24) is 0 Å². The van der Waals surface area contributed by atoms with Gasteiger partial charge in [-0.3, -0.25) is 0 Å². The molecule has 0 radical (unpaired) electrons. The average molecular weight is 407 g/mol. The molecule has 24 heavy (non-hydrogen) atoms. The Morgan fingerprint density at radius 3 is 1.42 bits per heavy atom. The van der Waals surface area contributed by atoms with E-state index in [9.17, 15) is 5.11 Å². The van der Waals surface area contributed by atoms with Gasteiger partial charge in [0.2, 0.25) is 0 Å². The largest absolute Gasteiger partial charge is 0.390 e. The van der Waals surface area contributed by atoms with Crippen LogP contribution in [-0.4, -0.2) is 29.8 Å². The SMILES string of the molecule is CCCCCCCCCCCCCCCCCCOC[C@@H](O)CBr. The third-order valence-corrected chi connectivity index (χ3v) is 5.38. The summed E-state index contributed by atoms with van der Waals surface area (Å²) >= 11 is 3.24. The number of hydrogen-bond acceptors (Lipinski definition) is 2. The van der Waals surface area contributed by atoms with Gasteiger partial charge in [-0.05, 0) is 6.42 Å². The molecule has 146 valence electrons. The third kappa shape index (κ3) is 20.4. The smallest absolute Gasteiger partial charge is 0.0870 e. The fraction of sp³-hybridized carbons (Fsp3) is 1.00. The molecule has 0 spiro atoms. The van der Waals surface area contributed by atoms with E-state index in [1.807, 2.05) is 0 Å². The van der Waals surface area contributed by atoms with E-state index in [1.54, 1.807) is 0 Å². The monoisotopic (exact) mass is 406 g/mol. The molecule has 0 aliphatic rings. The highest BCUT2D eigenvalue weighted by atomic mass is 79.9. The second kappa shape index (κ2) is 21.4. The van der Waals surface area contributed by atoms with Crippen LogP contribution in [0.1, 0.15) is 110 Å². The summed E-state index contributed by atoms with van der Waals surface area (Å²) in [4.78, 5) is 0. The Kier molecular flexibility index (Phi) is 21.8. The first-order valence-electron chi connectivity index (χ1n) is 10.6. The molecular weight excluding hydrogens is 364 g/mol. The molecule has 0 amide bonds. The lowest BCUT2D eigenvalue weighted by molar-refractivity contribution is 0.0473. The Bertz CT molecular complexity index is 224. The average Bonchev–Trinajstić information content (AvgIpc) is 2.60. The second-order valence-electron chi connectivity index (χ2n) is 7.19. The number of rotatable bonds is 20. The minimum Gasteiger partial charge on any atom is -0.390 e. The van der Waals surface area contributed by atoms with E-state index >= 15 is 0 Å². The summed E-state index contributed by atoms with van der Waals surface area (Å²) in [5.41, 5.74) is 0. The van der Waals surface area contributed by atoms with E-state index in [0.29, 0.717) is 11.9 Å². The molecule has 1 N–H and O–H groups in total. The van der Waals surface area contributed by atoms with E-state index in [2.05, 4.69) is 22.9 Å². The lowest BCUT2D eigenvalue weighted by Crippen LogP contribution is -2.16. The van der Waals surface area contributed by atoms with Gasteiger partial charge in [-0.2, -0.15) is 0 Å². The van der Waals surface area contributed by atoms with Gasteiger partial charge in [0, 0.05) is 11.9 Å². The van der Waals surface area contributed by atoms with Crippen molar-refractivity contribution in [2.75, 3.05) is 18.5 Å². The zero-order valence-corrected chi connectivity index (χ0v) is 17.8. The molecule has 0 fully saturated rings. The molecule has 0 aromatic carbocycles. The fourth-order valence-electron chi connectivity index (χ4n) is 3.02. The van der Waals surface area contributed by atoms with Crippen LogP contribution in [0.5, 0.6) is 0 Å². The summed E-state index contributed by atoms with van der Waals surface area (Å²) in [5.74, 6) is 0. The number of ether oxygens (including phenoxy) is 1. The van der Waals surface area contributed by atoms with Crippen molar-refractivity contribution in [2.45, 2.75) is 116 Å². The molecule has 0 unspecified atom stereocenters. The molecule has 0 aliphatic carbocycles. The summed E-state index contributed by atoms with van der Waals surface area (Å²) in [6.07, 6.45) is 22.0. The number of aliphatic hydroxyl groups is 1. The summed E-state index contributed by atoms with van der Waals surface area (Å²) in [5, 5.41) is 9.92. The molecule has 0 saturated carbocycles. The number of alkyl halides is 1. The second-order valence-corrected chi connectivity index (χ2v) is 7.83. The van der Waals surface area contributed by atoms with Gasteiger partial charge in [0.25, 0.3) is 0 Å². The molecule has 1 atom stereocenters. The van der Waals surface area contributed by atoms with Crippen molar-refractivity contribution in [3.8, 4) is 0 Å². The van der Waals surface area contributed by atoms with Gasteiger partial charge < -0.3 is 9.84 Å². The predicted molar refractivity (Wildman–Crippen MR) is 110 cm³/mol. The Labute approximate surface area is 160 Å². The normalized spacial score (nSPS) is 12.6. The van der Waals surface area contributed by atoms with E-state index in [4.69, 9.17) is 4.74 Å². The van der Waals surface area contributed by atoms with Crippen molar-refractivity contribution in [3.63, 3.8) is 0 Å². The van der Waals surface area contributed by atoms with Crippen LogP contribution in [0.4, 0.5) is 0 Å². The van der Waals surface area contributed by atoms with Crippen molar-refractivity contribution >= 4 is 15.9 Å². The van der Waals surface area contributed by atoms with E-state index in [-0.39, 0.29) is 6.10 Å². The maximum Gasteiger partial charge on any atom is 0.0870 e. The standard InChI is InChI=1S/C21H43BrO2/c1-2-3-4-5-6-7-8-9-10-11-12-13-14-15-16-17-18-24-20-21(23)19-22/h21,23H,2-20H2,1H3/t21-/m0/s1. The van der Waals surface area contributed by atoms with Crippen LogP contribution in [0.2, 0.25) is 0 Å². The first-order chi connectivity index (χ1) is 11.8. The van der Waals surface area contributed by atoms with Crippen LogP contribution in [0.15, 0.2) is 0 Å². The maximum absolute atomic E-state index is 9.32. The Morgan fingerprint density at radius 2 is 1.04 bits per heavy atom. The molecule has 0 saturated heterocycles. The van der Waals surface area contributed by atoms with Crippen molar-refractivity contribution in [1.29, 1.82) is 0 Å². The molecule has 0 aromatic rings. The Balaban J connectivity index is 2.98. The molecule has 0 aromatic heterocycles. The molecule has 0 bridgehead atoms. The Hall–Kier alpha value is 0.400. The third-order valence-electron chi connectivity index (χ3n) is 4.63. The lowest BCUT2D eigenvalue weighted by atomic mass is 10.0. The Morgan fingerprint density at radius 1 is 0.667 bits per heavy atom. The molecule has 0 aliphatic heterocycles. The van der Waals surface area contributed by atoms with Crippen LogP contribution < -0.4 is 0 Å². The fourth-order valence-corrected chi connectivity index (χ4v) is 3.20. The first-order valence-corrected chi connectivity index (χ1v) is 11.7. The summed E-state index contributed by atoms with van der Waals surface area (Å²) in [7, 11) is 0. The number of hydrogen-bond donors (Lipinski definition) is 1. The van der Waals surface area contributed by atoms with Gasteiger partial charge >= 0.3 is 0 Å². The van der Waals surface area contributed by atoms with Gasteiger partial charge in [0.05, 0.1) is 12.7 Å². The van der Waals surface area contributed by atoms with Crippen molar-refractivity contribution < 1.29 is 9.84 Å². The first kappa shape index (κ1) is 24.4. The van der Waals surface area contributed by atoms with Crippen LogP contribution in [0.25, 0.3) is 0 Å². The topological polar surface area (TPSA) is 29.5 Å². The summed E-state index contributed by atoms with van der Waals surface area (Å²) in [6.45, 7) is 3.54.